The predicted octanol–water partition coefficient (Wildman–Crippen LogP) is 5.78. The van der Waals surface area contributed by atoms with Gasteiger partial charge in [-0.2, -0.15) is 0 Å². The van der Waals surface area contributed by atoms with Crippen LogP contribution in [0.1, 0.15) is 10.4 Å². The second kappa shape index (κ2) is 6.31. The smallest absolute Gasteiger partial charge is 0.331 e. The van der Waals surface area contributed by atoms with E-state index in [1.54, 1.807) is 28.6 Å². The van der Waals surface area contributed by atoms with E-state index in [0.717, 1.165) is 32.0 Å². The van der Waals surface area contributed by atoms with Crippen molar-refractivity contribution >= 4 is 44.6 Å². The van der Waals surface area contributed by atoms with Crippen molar-refractivity contribution in [2.45, 2.75) is 13.8 Å². The molecule has 0 unspecified atom stereocenters. The van der Waals surface area contributed by atoms with Gasteiger partial charge in [0, 0.05) is 17.1 Å². The van der Waals surface area contributed by atoms with Gasteiger partial charge in [0.25, 0.3) is 0 Å². The summed E-state index contributed by atoms with van der Waals surface area (Å²) in [6.45, 7) is 3.93. The summed E-state index contributed by atoms with van der Waals surface area (Å²) in [6, 6.07) is 13.0. The summed E-state index contributed by atoms with van der Waals surface area (Å²) in [5.74, 6) is 1.20. The molecule has 0 saturated carbocycles. The fourth-order valence-corrected chi connectivity index (χ4v) is 4.36. The van der Waals surface area contributed by atoms with Gasteiger partial charge in [0.2, 0.25) is 5.88 Å². The molecule has 0 aliphatic carbocycles. The molecular formula is C21H16N4O2S. The fourth-order valence-electron chi connectivity index (χ4n) is 3.39. The normalized spacial score (nSPS) is 12.9. The molecular weight excluding hydrogens is 372 g/mol. The van der Waals surface area contributed by atoms with Gasteiger partial charge >= 0.3 is 6.03 Å². The molecule has 4 aromatic rings. The number of aromatic nitrogens is 2. The lowest BCUT2D eigenvalue weighted by Crippen LogP contribution is -2.34. The number of pyridine rings is 2. The number of hydrogen-bond donors (Lipinski definition) is 1. The first-order valence-corrected chi connectivity index (χ1v) is 9.62. The first-order chi connectivity index (χ1) is 13.6. The van der Waals surface area contributed by atoms with Gasteiger partial charge < -0.3 is 10.1 Å². The zero-order valence-corrected chi connectivity index (χ0v) is 16.1. The number of benzene rings is 1. The van der Waals surface area contributed by atoms with E-state index in [-0.39, 0.29) is 6.03 Å². The van der Waals surface area contributed by atoms with Crippen molar-refractivity contribution < 1.29 is 9.53 Å². The molecule has 138 valence electrons. The van der Waals surface area contributed by atoms with Crippen molar-refractivity contribution in [3.05, 3.63) is 65.3 Å². The van der Waals surface area contributed by atoms with Crippen LogP contribution >= 0.6 is 11.3 Å². The predicted molar refractivity (Wildman–Crippen MR) is 111 cm³/mol. The van der Waals surface area contributed by atoms with Crippen molar-refractivity contribution in [1.29, 1.82) is 0 Å². The number of nitrogens with zero attached hydrogens (tertiary/aromatic N) is 3. The lowest BCUT2D eigenvalue weighted by atomic mass is 10.1. The summed E-state index contributed by atoms with van der Waals surface area (Å²) >= 11 is 1.58. The Hall–Kier alpha value is -3.45. The molecule has 7 heteroatoms. The van der Waals surface area contributed by atoms with Gasteiger partial charge in [0.1, 0.15) is 10.6 Å². The minimum absolute atomic E-state index is 0.205. The number of urea groups is 1. The van der Waals surface area contributed by atoms with Gasteiger partial charge in [-0.1, -0.05) is 18.2 Å². The number of thiophene rings is 1. The maximum Gasteiger partial charge on any atom is 0.331 e. The van der Waals surface area contributed by atoms with E-state index in [2.05, 4.69) is 15.3 Å². The number of ether oxygens (including phenoxy) is 1. The van der Waals surface area contributed by atoms with Gasteiger partial charge in [0.05, 0.1) is 28.6 Å². The zero-order chi connectivity index (χ0) is 19.3. The molecule has 0 fully saturated rings. The van der Waals surface area contributed by atoms with Crippen molar-refractivity contribution in [2.24, 2.45) is 0 Å². The standard InChI is InChI=1S/C21H16N4O2S/c1-12-10-17(27-14-6-4-3-5-7-14)23-11-16(12)25-15-8-9-22-20-18(15)19(13(2)28-20)24-21(25)26/h3-11H,1-2H3,(H,24,26). The summed E-state index contributed by atoms with van der Waals surface area (Å²) in [4.78, 5) is 25.4. The Morgan fingerprint density at radius 1 is 1.07 bits per heavy atom. The van der Waals surface area contributed by atoms with Crippen molar-refractivity contribution in [3.8, 4) is 11.6 Å². The number of nitrogens with one attached hydrogen (secondary N) is 1. The van der Waals surface area contributed by atoms with Crippen LogP contribution in [0.3, 0.4) is 0 Å². The van der Waals surface area contributed by atoms with E-state index in [0.29, 0.717) is 17.3 Å². The summed E-state index contributed by atoms with van der Waals surface area (Å²) in [7, 11) is 0. The Morgan fingerprint density at radius 2 is 1.89 bits per heavy atom. The first-order valence-electron chi connectivity index (χ1n) is 8.80. The van der Waals surface area contributed by atoms with Crippen LogP contribution in [-0.4, -0.2) is 16.0 Å². The fraction of sp³-hybridized carbons (Fsp3) is 0.0952. The van der Waals surface area contributed by atoms with Gasteiger partial charge in [-0.05, 0) is 37.6 Å². The number of carbonyl (C=O) groups excluding carboxylic acids is 1. The molecule has 0 atom stereocenters. The molecule has 0 spiro atoms. The number of para-hydroxylation sites is 1. The van der Waals surface area contributed by atoms with Crippen LogP contribution in [0, 0.1) is 13.8 Å². The number of rotatable bonds is 3. The Kier molecular flexibility index (Phi) is 3.77. The molecule has 4 heterocycles. The number of carbonyl (C=O) groups is 1. The second-order valence-corrected chi connectivity index (χ2v) is 7.74. The summed E-state index contributed by atoms with van der Waals surface area (Å²) in [5, 5.41) is 3.97. The highest BCUT2D eigenvalue weighted by Crippen LogP contribution is 2.45. The largest absolute Gasteiger partial charge is 0.439 e. The number of anilines is 3. The molecule has 0 bridgehead atoms. The number of hydrogen-bond acceptors (Lipinski definition) is 5. The van der Waals surface area contributed by atoms with Crippen LogP contribution < -0.4 is 15.0 Å². The monoisotopic (exact) mass is 388 g/mol. The summed E-state index contributed by atoms with van der Waals surface area (Å²) < 4.78 is 5.81. The molecule has 6 nitrogen and oxygen atoms in total. The van der Waals surface area contributed by atoms with Crippen LogP contribution in [0.5, 0.6) is 11.6 Å². The highest BCUT2D eigenvalue weighted by Gasteiger charge is 2.30. The van der Waals surface area contributed by atoms with E-state index in [4.69, 9.17) is 4.74 Å². The third-order valence-electron chi connectivity index (χ3n) is 4.69. The van der Waals surface area contributed by atoms with E-state index in [1.807, 2.05) is 56.3 Å². The minimum Gasteiger partial charge on any atom is -0.439 e. The molecule has 1 aromatic carbocycles. The minimum atomic E-state index is -0.205. The van der Waals surface area contributed by atoms with Gasteiger partial charge in [-0.15, -0.1) is 11.3 Å². The number of aryl methyl sites for hydroxylation is 2. The lowest BCUT2D eigenvalue weighted by molar-refractivity contribution is 0.258. The molecule has 2 amide bonds. The van der Waals surface area contributed by atoms with Crippen molar-refractivity contribution in [1.82, 2.24) is 9.97 Å². The molecule has 1 N–H and O–H groups in total. The molecule has 5 rings (SSSR count). The summed E-state index contributed by atoms with van der Waals surface area (Å²) in [6.07, 6.45) is 3.41. The SMILES string of the molecule is Cc1cc(Oc2ccccc2)ncc1N1C(=O)Nc2c(C)sc3nccc1c23. The van der Waals surface area contributed by atoms with Crippen molar-refractivity contribution in [3.63, 3.8) is 0 Å². The quantitative estimate of drug-likeness (QED) is 0.483. The third kappa shape index (κ3) is 2.59. The van der Waals surface area contributed by atoms with Crippen LogP contribution in [0.4, 0.5) is 21.9 Å². The van der Waals surface area contributed by atoms with E-state index >= 15 is 0 Å². The maximum atomic E-state index is 12.9. The molecule has 3 aromatic heterocycles. The molecule has 28 heavy (non-hydrogen) atoms. The van der Waals surface area contributed by atoms with Crippen molar-refractivity contribution in [2.75, 3.05) is 10.2 Å². The van der Waals surface area contributed by atoms with Gasteiger partial charge in [0.15, 0.2) is 0 Å². The lowest BCUT2D eigenvalue weighted by Gasteiger charge is -2.29. The zero-order valence-electron chi connectivity index (χ0n) is 15.3. The van der Waals surface area contributed by atoms with Crippen LogP contribution in [0.15, 0.2) is 54.9 Å². The van der Waals surface area contributed by atoms with E-state index in [9.17, 15) is 4.79 Å². The third-order valence-corrected chi connectivity index (χ3v) is 5.70. The Bertz CT molecular complexity index is 1220. The average molecular weight is 388 g/mol. The number of amides is 2. The highest BCUT2D eigenvalue weighted by atomic mass is 32.1. The Morgan fingerprint density at radius 3 is 2.68 bits per heavy atom. The maximum absolute atomic E-state index is 12.9. The van der Waals surface area contributed by atoms with Crippen LogP contribution in [0.25, 0.3) is 10.2 Å². The molecule has 0 saturated heterocycles. The van der Waals surface area contributed by atoms with Gasteiger partial charge in [-0.3, -0.25) is 4.90 Å². The second-order valence-electron chi connectivity index (χ2n) is 6.53. The summed E-state index contributed by atoms with van der Waals surface area (Å²) in [5.41, 5.74) is 3.25. The van der Waals surface area contributed by atoms with E-state index < -0.39 is 0 Å². The highest BCUT2D eigenvalue weighted by molar-refractivity contribution is 7.19. The molecule has 1 aliphatic rings. The van der Waals surface area contributed by atoms with E-state index in [1.165, 1.54) is 0 Å². The van der Waals surface area contributed by atoms with Crippen LogP contribution in [0.2, 0.25) is 0 Å². The molecule has 1 aliphatic heterocycles. The first kappa shape index (κ1) is 16.7. The Balaban J connectivity index is 1.57. The topological polar surface area (TPSA) is 67.3 Å². The van der Waals surface area contributed by atoms with Gasteiger partial charge in [-0.25, -0.2) is 14.8 Å². The Labute approximate surface area is 165 Å². The van der Waals surface area contributed by atoms with Crippen LogP contribution in [-0.2, 0) is 0 Å². The average Bonchev–Trinajstić information content (AvgIpc) is 3.00. The molecule has 0 radical (unpaired) electrons.